The van der Waals surface area contributed by atoms with E-state index in [-0.39, 0.29) is 5.91 Å². The summed E-state index contributed by atoms with van der Waals surface area (Å²) in [6.07, 6.45) is 0.925. The van der Waals surface area contributed by atoms with E-state index in [1.165, 1.54) is 7.11 Å². The van der Waals surface area contributed by atoms with E-state index in [0.29, 0.717) is 29.6 Å². The highest BCUT2D eigenvalue weighted by molar-refractivity contribution is 5.97. The first-order valence-corrected chi connectivity index (χ1v) is 9.73. The van der Waals surface area contributed by atoms with Gasteiger partial charge >= 0.3 is 0 Å². The zero-order valence-corrected chi connectivity index (χ0v) is 17.7. The van der Waals surface area contributed by atoms with E-state index >= 15 is 0 Å². The molecule has 0 heterocycles. The third kappa shape index (κ3) is 5.98. The largest absolute Gasteiger partial charge is 0.493 e. The highest BCUT2D eigenvalue weighted by atomic mass is 16.5. The van der Waals surface area contributed by atoms with Crippen LogP contribution in [0.4, 0.5) is 0 Å². The quantitative estimate of drug-likeness (QED) is 0.662. The van der Waals surface area contributed by atoms with Crippen LogP contribution in [0, 0.1) is 5.92 Å². The van der Waals surface area contributed by atoms with Gasteiger partial charge in [-0.05, 0) is 49.9 Å². The Labute approximate surface area is 172 Å². The first-order chi connectivity index (χ1) is 13.8. The maximum atomic E-state index is 12.6. The molecule has 29 heavy (non-hydrogen) atoms. The molecule has 0 bridgehead atoms. The van der Waals surface area contributed by atoms with E-state index in [4.69, 9.17) is 9.47 Å². The molecule has 2 aromatic rings. The minimum atomic E-state index is -0.791. The molecular weight excluding hydrogens is 368 g/mol. The lowest BCUT2D eigenvalue weighted by atomic mass is 9.84. The van der Waals surface area contributed by atoms with Gasteiger partial charge in [-0.1, -0.05) is 44.2 Å². The van der Waals surface area contributed by atoms with Crippen LogP contribution >= 0.6 is 0 Å². The number of hydrogen-bond donors (Lipinski definition) is 2. The molecule has 0 atom stereocenters. The fraction of sp³-hybridized carbons (Fsp3) is 0.391. The molecule has 0 aliphatic heterocycles. The highest BCUT2D eigenvalue weighted by Gasteiger charge is 2.30. The topological polar surface area (TPSA) is 76.7 Å². The molecule has 0 saturated heterocycles. The number of carbonyl (C=O) groups is 2. The van der Waals surface area contributed by atoms with Crippen LogP contribution in [0.15, 0.2) is 48.5 Å². The monoisotopic (exact) mass is 398 g/mol. The lowest BCUT2D eigenvalue weighted by Gasteiger charge is -2.24. The molecule has 6 nitrogen and oxygen atoms in total. The van der Waals surface area contributed by atoms with E-state index in [9.17, 15) is 9.59 Å². The SMILES string of the molecule is COc1cc(C(=O)NNC(=O)C(C)(C)c2ccccc2)ccc1OCCC(C)C. The molecule has 2 amide bonds. The number of carbonyl (C=O) groups excluding carboxylic acids is 2. The predicted octanol–water partition coefficient (Wildman–Crippen LogP) is 3.86. The van der Waals surface area contributed by atoms with E-state index in [2.05, 4.69) is 24.7 Å². The number of ether oxygens (including phenoxy) is 2. The summed E-state index contributed by atoms with van der Waals surface area (Å²) in [7, 11) is 1.52. The normalized spacial score (nSPS) is 11.1. The number of amides is 2. The average Bonchev–Trinajstić information content (AvgIpc) is 2.72. The van der Waals surface area contributed by atoms with Gasteiger partial charge in [0.25, 0.3) is 5.91 Å². The van der Waals surface area contributed by atoms with Crippen LogP contribution in [0.5, 0.6) is 11.5 Å². The molecule has 2 rings (SSSR count). The molecule has 0 saturated carbocycles. The highest BCUT2D eigenvalue weighted by Crippen LogP contribution is 2.28. The van der Waals surface area contributed by atoms with Crippen molar-refractivity contribution < 1.29 is 19.1 Å². The fourth-order valence-corrected chi connectivity index (χ4v) is 2.66. The molecule has 156 valence electrons. The molecule has 0 aliphatic carbocycles. The van der Waals surface area contributed by atoms with Gasteiger partial charge in [0.1, 0.15) is 0 Å². The summed E-state index contributed by atoms with van der Waals surface area (Å²) in [6.45, 7) is 8.43. The number of hydrazine groups is 1. The number of nitrogens with one attached hydrogen (secondary N) is 2. The minimum Gasteiger partial charge on any atom is -0.493 e. The molecular formula is C23H30N2O4. The van der Waals surface area contributed by atoms with Crippen molar-refractivity contribution in [1.82, 2.24) is 10.9 Å². The van der Waals surface area contributed by atoms with E-state index in [1.54, 1.807) is 32.0 Å². The molecule has 0 fully saturated rings. The summed E-state index contributed by atoms with van der Waals surface area (Å²) in [5, 5.41) is 0. The van der Waals surface area contributed by atoms with Gasteiger partial charge in [0.05, 0.1) is 19.1 Å². The Kier molecular flexibility index (Phi) is 7.65. The predicted molar refractivity (Wildman–Crippen MR) is 113 cm³/mol. The maximum Gasteiger partial charge on any atom is 0.269 e. The van der Waals surface area contributed by atoms with Crippen molar-refractivity contribution >= 4 is 11.8 Å². The zero-order chi connectivity index (χ0) is 21.4. The van der Waals surface area contributed by atoms with Crippen molar-refractivity contribution in [2.24, 2.45) is 5.92 Å². The van der Waals surface area contributed by atoms with Gasteiger partial charge in [-0.15, -0.1) is 0 Å². The van der Waals surface area contributed by atoms with E-state index in [1.807, 2.05) is 30.3 Å². The second-order valence-electron chi connectivity index (χ2n) is 7.80. The molecule has 0 unspecified atom stereocenters. The van der Waals surface area contributed by atoms with Gasteiger partial charge in [0.15, 0.2) is 11.5 Å². The van der Waals surface area contributed by atoms with Crippen molar-refractivity contribution in [2.45, 2.75) is 39.5 Å². The Balaban J connectivity index is 2.00. The molecule has 0 aromatic heterocycles. The fourth-order valence-electron chi connectivity index (χ4n) is 2.66. The molecule has 0 aliphatic rings. The van der Waals surface area contributed by atoms with Crippen LogP contribution in [0.3, 0.4) is 0 Å². The van der Waals surface area contributed by atoms with Crippen LogP contribution in [-0.4, -0.2) is 25.5 Å². The second kappa shape index (κ2) is 9.96. The van der Waals surface area contributed by atoms with E-state index < -0.39 is 11.3 Å². The first-order valence-electron chi connectivity index (χ1n) is 9.73. The maximum absolute atomic E-state index is 12.6. The van der Waals surface area contributed by atoms with Gasteiger partial charge in [-0.3, -0.25) is 20.4 Å². The third-order valence-corrected chi connectivity index (χ3v) is 4.73. The molecule has 6 heteroatoms. The lowest BCUT2D eigenvalue weighted by molar-refractivity contribution is -0.126. The van der Waals surface area contributed by atoms with Crippen LogP contribution in [0.2, 0.25) is 0 Å². The Bertz CT molecular complexity index is 832. The van der Waals surface area contributed by atoms with Crippen molar-refractivity contribution in [3.63, 3.8) is 0 Å². The third-order valence-electron chi connectivity index (χ3n) is 4.73. The van der Waals surface area contributed by atoms with Crippen molar-refractivity contribution in [3.8, 4) is 11.5 Å². The summed E-state index contributed by atoms with van der Waals surface area (Å²) in [4.78, 5) is 25.1. The summed E-state index contributed by atoms with van der Waals surface area (Å²) in [5.41, 5.74) is 5.40. The Morgan fingerprint density at radius 2 is 1.69 bits per heavy atom. The van der Waals surface area contributed by atoms with Crippen molar-refractivity contribution in [3.05, 3.63) is 59.7 Å². The first kappa shape index (κ1) is 22.3. The van der Waals surface area contributed by atoms with E-state index in [0.717, 1.165) is 12.0 Å². The zero-order valence-electron chi connectivity index (χ0n) is 17.7. The summed E-state index contributed by atoms with van der Waals surface area (Å²) in [6, 6.07) is 14.3. The van der Waals surface area contributed by atoms with Crippen LogP contribution in [0.1, 0.15) is 50.0 Å². The van der Waals surface area contributed by atoms with Crippen molar-refractivity contribution in [1.29, 1.82) is 0 Å². The van der Waals surface area contributed by atoms with Gasteiger partial charge < -0.3 is 9.47 Å². The van der Waals surface area contributed by atoms with Crippen LogP contribution in [0.25, 0.3) is 0 Å². The van der Waals surface area contributed by atoms with Crippen LogP contribution < -0.4 is 20.3 Å². The number of methoxy groups -OCH3 is 1. The smallest absolute Gasteiger partial charge is 0.269 e. The summed E-state index contributed by atoms with van der Waals surface area (Å²) >= 11 is 0. The van der Waals surface area contributed by atoms with Crippen molar-refractivity contribution in [2.75, 3.05) is 13.7 Å². The number of benzene rings is 2. The number of rotatable bonds is 8. The number of hydrogen-bond acceptors (Lipinski definition) is 4. The Hall–Kier alpha value is -3.02. The summed E-state index contributed by atoms with van der Waals surface area (Å²) in [5.74, 6) is 0.845. The molecule has 2 N–H and O–H groups in total. The Morgan fingerprint density at radius 1 is 1.00 bits per heavy atom. The molecule has 0 radical (unpaired) electrons. The lowest BCUT2D eigenvalue weighted by Crippen LogP contribution is -2.49. The standard InChI is InChI=1S/C23H30N2O4/c1-16(2)13-14-29-19-12-11-17(15-20(19)28-5)21(26)24-25-22(27)23(3,4)18-9-7-6-8-10-18/h6-12,15-16H,13-14H2,1-5H3,(H,24,26)(H,25,27). The van der Waals surface area contributed by atoms with Gasteiger partial charge in [0.2, 0.25) is 5.91 Å². The van der Waals surface area contributed by atoms with Crippen LogP contribution in [-0.2, 0) is 10.2 Å². The van der Waals surface area contributed by atoms with Gasteiger partial charge in [0, 0.05) is 5.56 Å². The summed E-state index contributed by atoms with van der Waals surface area (Å²) < 4.78 is 11.1. The second-order valence-corrected chi connectivity index (χ2v) is 7.80. The van der Waals surface area contributed by atoms with Gasteiger partial charge in [-0.2, -0.15) is 0 Å². The Morgan fingerprint density at radius 3 is 2.31 bits per heavy atom. The minimum absolute atomic E-state index is 0.308. The molecule has 0 spiro atoms. The molecule has 2 aromatic carbocycles. The van der Waals surface area contributed by atoms with Gasteiger partial charge in [-0.25, -0.2) is 0 Å². The average molecular weight is 399 g/mol.